The zero-order chi connectivity index (χ0) is 14.2. The number of guanidine groups is 1. The maximum atomic E-state index is 11.6. The molecular formula is C13H28N4O. The van der Waals surface area contributed by atoms with Gasteiger partial charge in [0.25, 0.3) is 0 Å². The van der Waals surface area contributed by atoms with Crippen LogP contribution in [0.1, 0.15) is 41.0 Å². The van der Waals surface area contributed by atoms with Crippen molar-refractivity contribution >= 4 is 11.9 Å². The van der Waals surface area contributed by atoms with Gasteiger partial charge in [-0.25, -0.2) is 0 Å². The van der Waals surface area contributed by atoms with E-state index >= 15 is 0 Å². The zero-order valence-electron chi connectivity index (χ0n) is 12.6. The summed E-state index contributed by atoms with van der Waals surface area (Å²) in [6.45, 7) is 11.2. The molecule has 0 saturated carbocycles. The van der Waals surface area contributed by atoms with Crippen molar-refractivity contribution in [3.63, 3.8) is 0 Å². The summed E-state index contributed by atoms with van der Waals surface area (Å²) in [6, 6.07) is 0.389. The topological polar surface area (TPSA) is 65.5 Å². The molecule has 0 saturated heterocycles. The van der Waals surface area contributed by atoms with Gasteiger partial charge in [0.15, 0.2) is 5.96 Å². The standard InChI is InChI=1S/C13H28N4O/c1-7-10(2)17-12(14-6)16-9-8-15-11(18)13(3,4)5/h10H,7-9H2,1-6H3,(H,15,18)(H2,14,16,17). The Hall–Kier alpha value is -1.26. The van der Waals surface area contributed by atoms with Gasteiger partial charge in [0.05, 0.1) is 0 Å². The monoisotopic (exact) mass is 256 g/mol. The Labute approximate surface area is 111 Å². The summed E-state index contributed by atoms with van der Waals surface area (Å²) in [5.74, 6) is 0.837. The van der Waals surface area contributed by atoms with Crippen LogP contribution in [0.15, 0.2) is 4.99 Å². The number of carbonyl (C=O) groups excluding carboxylic acids is 1. The van der Waals surface area contributed by atoms with Crippen molar-refractivity contribution in [2.24, 2.45) is 10.4 Å². The summed E-state index contributed by atoms with van der Waals surface area (Å²) in [6.07, 6.45) is 1.04. The van der Waals surface area contributed by atoms with Gasteiger partial charge < -0.3 is 16.0 Å². The maximum absolute atomic E-state index is 11.6. The Kier molecular flexibility index (Phi) is 7.39. The van der Waals surface area contributed by atoms with Gasteiger partial charge in [-0.15, -0.1) is 0 Å². The highest BCUT2D eigenvalue weighted by molar-refractivity contribution is 5.81. The van der Waals surface area contributed by atoms with E-state index in [-0.39, 0.29) is 11.3 Å². The molecule has 0 aromatic heterocycles. The summed E-state index contributed by atoms with van der Waals surface area (Å²) in [7, 11) is 1.74. The van der Waals surface area contributed by atoms with E-state index in [0.29, 0.717) is 19.1 Å². The largest absolute Gasteiger partial charge is 0.355 e. The van der Waals surface area contributed by atoms with Gasteiger partial charge in [-0.05, 0) is 13.3 Å². The van der Waals surface area contributed by atoms with Crippen LogP contribution in [-0.2, 0) is 4.79 Å². The molecular weight excluding hydrogens is 228 g/mol. The first kappa shape index (κ1) is 16.7. The third-order valence-electron chi connectivity index (χ3n) is 2.60. The number of amides is 1. The lowest BCUT2D eigenvalue weighted by molar-refractivity contribution is -0.128. The van der Waals surface area contributed by atoms with Gasteiger partial charge in [0.1, 0.15) is 0 Å². The van der Waals surface area contributed by atoms with E-state index < -0.39 is 0 Å². The van der Waals surface area contributed by atoms with Crippen LogP contribution in [0.3, 0.4) is 0 Å². The molecule has 1 unspecified atom stereocenters. The Balaban J connectivity index is 3.86. The molecule has 0 radical (unpaired) electrons. The SMILES string of the molecule is CCC(C)NC(=NC)NCCNC(=O)C(C)(C)C. The van der Waals surface area contributed by atoms with Gasteiger partial charge in [0, 0.05) is 31.6 Å². The number of hydrogen-bond acceptors (Lipinski definition) is 2. The van der Waals surface area contributed by atoms with E-state index in [1.165, 1.54) is 0 Å². The van der Waals surface area contributed by atoms with Crippen molar-refractivity contribution in [1.29, 1.82) is 0 Å². The molecule has 0 aliphatic heterocycles. The van der Waals surface area contributed by atoms with Crippen LogP contribution >= 0.6 is 0 Å². The lowest BCUT2D eigenvalue weighted by Gasteiger charge is -2.19. The highest BCUT2D eigenvalue weighted by Gasteiger charge is 2.20. The van der Waals surface area contributed by atoms with Crippen molar-refractivity contribution in [2.75, 3.05) is 20.1 Å². The van der Waals surface area contributed by atoms with Crippen LogP contribution in [-0.4, -0.2) is 38.0 Å². The van der Waals surface area contributed by atoms with Crippen LogP contribution in [0.25, 0.3) is 0 Å². The van der Waals surface area contributed by atoms with Crippen LogP contribution in [0.2, 0.25) is 0 Å². The molecule has 0 aromatic carbocycles. The first-order valence-electron chi connectivity index (χ1n) is 6.56. The quantitative estimate of drug-likeness (QED) is 0.392. The normalized spacial score (nSPS) is 14.0. The fraction of sp³-hybridized carbons (Fsp3) is 0.846. The molecule has 0 spiro atoms. The molecule has 18 heavy (non-hydrogen) atoms. The smallest absolute Gasteiger partial charge is 0.225 e. The number of rotatable bonds is 5. The molecule has 5 nitrogen and oxygen atoms in total. The van der Waals surface area contributed by atoms with Crippen molar-refractivity contribution in [2.45, 2.75) is 47.1 Å². The summed E-state index contributed by atoms with van der Waals surface area (Å²) in [5.41, 5.74) is -0.337. The third kappa shape index (κ3) is 7.14. The molecule has 5 heteroatoms. The molecule has 3 N–H and O–H groups in total. The first-order chi connectivity index (χ1) is 8.31. The van der Waals surface area contributed by atoms with E-state index in [4.69, 9.17) is 0 Å². The number of hydrogen-bond donors (Lipinski definition) is 3. The molecule has 0 aliphatic rings. The van der Waals surface area contributed by atoms with Gasteiger partial charge in [-0.1, -0.05) is 27.7 Å². The fourth-order valence-electron chi connectivity index (χ4n) is 1.15. The van der Waals surface area contributed by atoms with E-state index in [2.05, 4.69) is 34.8 Å². The van der Waals surface area contributed by atoms with Crippen molar-refractivity contribution in [1.82, 2.24) is 16.0 Å². The molecule has 0 fully saturated rings. The lowest BCUT2D eigenvalue weighted by Crippen LogP contribution is -2.45. The molecule has 0 heterocycles. The molecule has 106 valence electrons. The van der Waals surface area contributed by atoms with Gasteiger partial charge in [-0.3, -0.25) is 9.79 Å². The Morgan fingerprint density at radius 2 is 1.78 bits per heavy atom. The number of nitrogens with one attached hydrogen (secondary N) is 3. The second kappa shape index (κ2) is 7.95. The second-order valence-corrected chi connectivity index (χ2v) is 5.46. The van der Waals surface area contributed by atoms with E-state index in [9.17, 15) is 4.79 Å². The van der Waals surface area contributed by atoms with Crippen LogP contribution in [0, 0.1) is 5.41 Å². The minimum atomic E-state index is -0.337. The van der Waals surface area contributed by atoms with Gasteiger partial charge in [0.2, 0.25) is 5.91 Å². The summed E-state index contributed by atoms with van der Waals surface area (Å²) >= 11 is 0. The summed E-state index contributed by atoms with van der Waals surface area (Å²) in [5, 5.41) is 9.31. The van der Waals surface area contributed by atoms with Crippen LogP contribution < -0.4 is 16.0 Å². The minimum absolute atomic E-state index is 0.0640. The molecule has 1 atom stereocenters. The highest BCUT2D eigenvalue weighted by atomic mass is 16.2. The fourth-order valence-corrected chi connectivity index (χ4v) is 1.15. The van der Waals surface area contributed by atoms with Gasteiger partial charge in [-0.2, -0.15) is 0 Å². The molecule has 0 bridgehead atoms. The average Bonchev–Trinajstić information content (AvgIpc) is 2.30. The maximum Gasteiger partial charge on any atom is 0.225 e. The van der Waals surface area contributed by atoms with E-state index in [0.717, 1.165) is 12.4 Å². The Morgan fingerprint density at radius 3 is 2.22 bits per heavy atom. The highest BCUT2D eigenvalue weighted by Crippen LogP contribution is 2.11. The minimum Gasteiger partial charge on any atom is -0.355 e. The Bertz CT molecular complexity index is 281. The second-order valence-electron chi connectivity index (χ2n) is 5.46. The zero-order valence-corrected chi connectivity index (χ0v) is 12.6. The van der Waals surface area contributed by atoms with Crippen molar-refractivity contribution in [3.05, 3.63) is 0 Å². The predicted octanol–water partition coefficient (Wildman–Crippen LogP) is 1.11. The number of carbonyl (C=O) groups is 1. The van der Waals surface area contributed by atoms with E-state index in [1.807, 2.05) is 20.8 Å². The van der Waals surface area contributed by atoms with Crippen molar-refractivity contribution in [3.8, 4) is 0 Å². The van der Waals surface area contributed by atoms with Gasteiger partial charge >= 0.3 is 0 Å². The third-order valence-corrected chi connectivity index (χ3v) is 2.60. The average molecular weight is 256 g/mol. The molecule has 0 aliphatic carbocycles. The van der Waals surface area contributed by atoms with Crippen molar-refractivity contribution < 1.29 is 4.79 Å². The molecule has 0 rings (SSSR count). The van der Waals surface area contributed by atoms with Crippen LogP contribution in [0.5, 0.6) is 0 Å². The van der Waals surface area contributed by atoms with E-state index in [1.54, 1.807) is 7.05 Å². The number of aliphatic imine (C=N–C) groups is 1. The lowest BCUT2D eigenvalue weighted by atomic mass is 9.96. The Morgan fingerprint density at radius 1 is 1.22 bits per heavy atom. The van der Waals surface area contributed by atoms with Crippen LogP contribution in [0.4, 0.5) is 0 Å². The molecule has 1 amide bonds. The first-order valence-corrected chi connectivity index (χ1v) is 6.56. The molecule has 0 aromatic rings. The summed E-state index contributed by atoms with van der Waals surface area (Å²) < 4.78 is 0. The summed E-state index contributed by atoms with van der Waals surface area (Å²) in [4.78, 5) is 15.7. The number of nitrogens with zero attached hydrogens (tertiary/aromatic N) is 1. The predicted molar refractivity (Wildman–Crippen MR) is 76.7 cm³/mol.